The molecule has 4 atom stereocenters. The van der Waals surface area contributed by atoms with Crippen LogP contribution in [0.1, 0.15) is 54.6 Å². The van der Waals surface area contributed by atoms with Crippen molar-refractivity contribution < 1.29 is 23.5 Å². The Morgan fingerprint density at radius 1 is 1.24 bits per heavy atom. The van der Waals surface area contributed by atoms with Crippen LogP contribution in [0.5, 0.6) is 5.75 Å². The maximum absolute atomic E-state index is 16.0. The smallest absolute Gasteiger partial charge is 0.252 e. The minimum absolute atomic E-state index is 0.0904. The van der Waals surface area contributed by atoms with Crippen LogP contribution in [0.4, 0.5) is 15.8 Å². The third kappa shape index (κ3) is 3.99. The first-order chi connectivity index (χ1) is 19.9. The van der Waals surface area contributed by atoms with E-state index in [0.717, 1.165) is 0 Å². The van der Waals surface area contributed by atoms with Gasteiger partial charge in [-0.2, -0.15) is 0 Å². The number of methoxy groups -OCH3 is 1. The number of ether oxygens (including phenoxy) is 1. The second kappa shape index (κ2) is 9.78. The summed E-state index contributed by atoms with van der Waals surface area (Å²) in [5, 5.41) is 2.92. The van der Waals surface area contributed by atoms with E-state index in [1.807, 2.05) is 4.90 Å². The largest absolute Gasteiger partial charge is 0.496 e. The van der Waals surface area contributed by atoms with Crippen LogP contribution < -0.4 is 20.7 Å². The summed E-state index contributed by atoms with van der Waals surface area (Å²) < 4.78 is 21.4. The molecule has 4 heterocycles. The van der Waals surface area contributed by atoms with Crippen molar-refractivity contribution in [3.63, 3.8) is 0 Å². The summed E-state index contributed by atoms with van der Waals surface area (Å²) in [5.41, 5.74) is 6.02. The van der Waals surface area contributed by atoms with Gasteiger partial charge in [0.05, 0.1) is 30.4 Å². The van der Waals surface area contributed by atoms with Crippen LogP contribution in [0.25, 0.3) is 0 Å². The Kier molecular flexibility index (Phi) is 6.54. The number of anilines is 2. The molecule has 3 aromatic rings. The standard InChI is InChI=1S/C31H31ClFN5O4/c1-30(2,3)13-23-31(19-14-35-11-10-21(19)36-29(31)41)24(18-6-5-7-20(32)25(18)33)26-28(40)37(15-38(23)26)16-8-9-17(27(34)39)22(12-16)42-4/h5-12,14,23-24,26H,13,15H2,1-4H3,(H2,34,39)(H,36,41)/t23-,24-,26+,31?/m0/s1. The number of hydrogen-bond donors (Lipinski definition) is 2. The molecule has 1 unspecified atom stereocenters. The lowest BCUT2D eigenvalue weighted by atomic mass is 9.62. The number of nitrogens with one attached hydrogen (secondary N) is 1. The first kappa shape index (κ1) is 28.1. The molecule has 6 rings (SSSR count). The maximum atomic E-state index is 16.0. The van der Waals surface area contributed by atoms with E-state index in [2.05, 4.69) is 31.1 Å². The number of fused-ring (bicyclic) bond motifs is 3. The first-order valence-electron chi connectivity index (χ1n) is 13.6. The lowest BCUT2D eigenvalue weighted by Gasteiger charge is -2.40. The number of halogens is 2. The van der Waals surface area contributed by atoms with Gasteiger partial charge >= 0.3 is 0 Å². The fourth-order valence-corrected chi connectivity index (χ4v) is 7.26. The van der Waals surface area contributed by atoms with E-state index < -0.39 is 35.1 Å². The lowest BCUT2D eigenvalue weighted by Crippen LogP contribution is -2.52. The lowest BCUT2D eigenvalue weighted by molar-refractivity contribution is -0.122. The molecule has 11 heteroatoms. The van der Waals surface area contributed by atoms with Crippen LogP contribution in [0.3, 0.4) is 0 Å². The molecule has 0 bridgehead atoms. The van der Waals surface area contributed by atoms with E-state index >= 15 is 4.39 Å². The zero-order chi connectivity index (χ0) is 30.1. The number of carbonyl (C=O) groups excluding carboxylic acids is 3. The van der Waals surface area contributed by atoms with Gasteiger partial charge in [0.1, 0.15) is 17.0 Å². The second-order valence-corrected chi connectivity index (χ2v) is 12.7. The Morgan fingerprint density at radius 3 is 2.69 bits per heavy atom. The van der Waals surface area contributed by atoms with Crippen molar-refractivity contribution in [1.29, 1.82) is 0 Å². The van der Waals surface area contributed by atoms with Crippen molar-refractivity contribution in [2.75, 3.05) is 24.0 Å². The van der Waals surface area contributed by atoms with Crippen molar-refractivity contribution in [1.82, 2.24) is 9.88 Å². The van der Waals surface area contributed by atoms with Gasteiger partial charge in [-0.3, -0.25) is 29.2 Å². The molecule has 42 heavy (non-hydrogen) atoms. The average molecular weight is 592 g/mol. The van der Waals surface area contributed by atoms with Crippen molar-refractivity contribution in [3.05, 3.63) is 82.4 Å². The average Bonchev–Trinajstić information content (AvgIpc) is 3.53. The monoisotopic (exact) mass is 591 g/mol. The number of pyridine rings is 1. The van der Waals surface area contributed by atoms with E-state index in [0.29, 0.717) is 23.4 Å². The SMILES string of the molecule is COc1cc(N2CN3[C@@H](CC(C)(C)C)C4(C(=O)Nc5ccncc54)[C@@H](c4cccc(Cl)c4F)[C@@H]3C2=O)ccc1C(N)=O. The predicted molar refractivity (Wildman–Crippen MR) is 156 cm³/mol. The number of carbonyl (C=O) groups is 3. The number of nitrogens with zero attached hydrogens (tertiary/aromatic N) is 3. The number of rotatable bonds is 5. The van der Waals surface area contributed by atoms with E-state index in [4.69, 9.17) is 22.1 Å². The number of aromatic nitrogens is 1. The van der Waals surface area contributed by atoms with Crippen LogP contribution in [0, 0.1) is 11.2 Å². The van der Waals surface area contributed by atoms with Crippen LogP contribution in [0.2, 0.25) is 5.02 Å². The molecule has 2 saturated heterocycles. The number of nitrogens with two attached hydrogens (primary N) is 1. The fourth-order valence-electron chi connectivity index (χ4n) is 7.08. The van der Waals surface area contributed by atoms with Gasteiger partial charge in [-0.05, 0) is 41.7 Å². The Morgan fingerprint density at radius 2 is 2.00 bits per heavy atom. The zero-order valence-corrected chi connectivity index (χ0v) is 24.4. The Labute approximate surface area is 247 Å². The molecule has 0 saturated carbocycles. The van der Waals surface area contributed by atoms with Crippen molar-refractivity contribution in [2.45, 2.75) is 50.6 Å². The minimum Gasteiger partial charge on any atom is -0.496 e. The molecule has 1 aromatic heterocycles. The van der Waals surface area contributed by atoms with E-state index in [1.165, 1.54) is 19.2 Å². The fraction of sp³-hybridized carbons (Fsp3) is 0.355. The number of primary amides is 1. The van der Waals surface area contributed by atoms with Crippen molar-refractivity contribution in [2.24, 2.45) is 11.1 Å². The van der Waals surface area contributed by atoms with Gasteiger partial charge in [-0.25, -0.2) is 4.39 Å². The van der Waals surface area contributed by atoms with Crippen LogP contribution in [-0.4, -0.2) is 53.5 Å². The van der Waals surface area contributed by atoms with Crippen molar-refractivity contribution >= 4 is 40.7 Å². The highest BCUT2D eigenvalue weighted by Crippen LogP contribution is 2.61. The highest BCUT2D eigenvalue weighted by molar-refractivity contribution is 6.30. The molecule has 3 amide bonds. The molecule has 3 N–H and O–H groups in total. The van der Waals surface area contributed by atoms with E-state index in [9.17, 15) is 14.4 Å². The third-order valence-electron chi connectivity index (χ3n) is 8.69. The summed E-state index contributed by atoms with van der Waals surface area (Å²) in [5.74, 6) is -2.62. The molecule has 0 aliphatic carbocycles. The summed E-state index contributed by atoms with van der Waals surface area (Å²) >= 11 is 6.30. The maximum Gasteiger partial charge on any atom is 0.252 e. The van der Waals surface area contributed by atoms with Gasteiger partial charge in [-0.1, -0.05) is 44.5 Å². The van der Waals surface area contributed by atoms with Gasteiger partial charge in [0.25, 0.3) is 5.91 Å². The summed E-state index contributed by atoms with van der Waals surface area (Å²) in [6.45, 7) is 6.35. The Balaban J connectivity index is 1.58. The quantitative estimate of drug-likeness (QED) is 0.453. The molecule has 1 spiro atoms. The van der Waals surface area contributed by atoms with Gasteiger partial charge in [0, 0.05) is 47.4 Å². The van der Waals surface area contributed by atoms with Crippen molar-refractivity contribution in [3.8, 4) is 5.75 Å². The summed E-state index contributed by atoms with van der Waals surface area (Å²) in [6.07, 6.45) is 3.77. The molecule has 3 aliphatic heterocycles. The van der Waals surface area contributed by atoms with Crippen LogP contribution in [0.15, 0.2) is 54.9 Å². The highest BCUT2D eigenvalue weighted by Gasteiger charge is 2.71. The van der Waals surface area contributed by atoms with Gasteiger partial charge in [0.2, 0.25) is 11.8 Å². The van der Waals surface area contributed by atoms with Gasteiger partial charge < -0.3 is 15.8 Å². The highest BCUT2D eigenvalue weighted by atomic mass is 35.5. The van der Waals surface area contributed by atoms with Crippen LogP contribution in [-0.2, 0) is 15.0 Å². The number of benzene rings is 2. The Bertz CT molecular complexity index is 1640. The molecule has 0 radical (unpaired) electrons. The normalized spacial score (nSPS) is 25.1. The molecule has 9 nitrogen and oxygen atoms in total. The molecule has 218 valence electrons. The summed E-state index contributed by atoms with van der Waals surface area (Å²) in [6, 6.07) is 9.75. The zero-order valence-electron chi connectivity index (χ0n) is 23.7. The molecule has 3 aliphatic rings. The number of hydrogen-bond acceptors (Lipinski definition) is 6. The van der Waals surface area contributed by atoms with E-state index in [-0.39, 0.29) is 45.8 Å². The molecule has 2 fully saturated rings. The minimum atomic E-state index is -1.32. The second-order valence-electron chi connectivity index (χ2n) is 12.3. The topological polar surface area (TPSA) is 118 Å². The van der Waals surface area contributed by atoms with Gasteiger partial charge in [0.15, 0.2) is 0 Å². The first-order valence-corrected chi connectivity index (χ1v) is 14.0. The molecule has 2 aromatic carbocycles. The number of amides is 3. The predicted octanol–water partition coefficient (Wildman–Crippen LogP) is 4.45. The Hall–Kier alpha value is -4.02. The third-order valence-corrected chi connectivity index (χ3v) is 8.98. The summed E-state index contributed by atoms with van der Waals surface area (Å²) in [4.78, 5) is 48.6. The van der Waals surface area contributed by atoms with Gasteiger partial charge in [-0.15, -0.1) is 0 Å². The van der Waals surface area contributed by atoms with Crippen LogP contribution >= 0.6 is 11.6 Å². The summed E-state index contributed by atoms with van der Waals surface area (Å²) in [7, 11) is 1.42. The van der Waals surface area contributed by atoms with E-state index in [1.54, 1.807) is 47.6 Å². The molecular formula is C31H31ClFN5O4. The molecular weight excluding hydrogens is 561 g/mol.